The molecule has 0 saturated carbocycles. The first-order valence-electron chi connectivity index (χ1n) is 11.5. The van der Waals surface area contributed by atoms with Crippen LogP contribution in [0, 0.1) is 0 Å². The van der Waals surface area contributed by atoms with Crippen LogP contribution >= 0.6 is 35.8 Å². The van der Waals surface area contributed by atoms with Gasteiger partial charge in [0, 0.05) is 23.8 Å². The summed E-state index contributed by atoms with van der Waals surface area (Å²) < 4.78 is 5.35. The predicted octanol–water partition coefficient (Wildman–Crippen LogP) is 6.66. The zero-order valence-corrected chi connectivity index (χ0v) is 23.3. The Bertz CT molecular complexity index is 1180. The smallest absolute Gasteiger partial charge is 0.299 e. The van der Waals surface area contributed by atoms with Crippen molar-refractivity contribution in [1.29, 1.82) is 0 Å². The van der Waals surface area contributed by atoms with Crippen molar-refractivity contribution in [3.05, 3.63) is 58.1 Å². The number of hydrogen-bond acceptors (Lipinski definition) is 5. The molecule has 2 aliphatic rings. The number of nitrogens with one attached hydrogen (secondary N) is 1. The number of halogens is 2. The van der Waals surface area contributed by atoms with Crippen LogP contribution in [0.3, 0.4) is 0 Å². The third-order valence-electron chi connectivity index (χ3n) is 6.26. The van der Waals surface area contributed by atoms with E-state index in [2.05, 4.69) is 61.3 Å². The van der Waals surface area contributed by atoms with Gasteiger partial charge in [-0.3, -0.25) is 9.79 Å². The SMILES string of the molecule is COc1ccc(C(=NC(C)C)N2CCC(C)(C)c3cc(C4=NNC(=O)SC4C)ccc32)cc1Cl.Cl. The van der Waals surface area contributed by atoms with Gasteiger partial charge in [-0.2, -0.15) is 5.10 Å². The van der Waals surface area contributed by atoms with Gasteiger partial charge in [0.05, 0.1) is 23.1 Å². The number of hydrogen-bond donors (Lipinski definition) is 1. The van der Waals surface area contributed by atoms with Gasteiger partial charge in [0.2, 0.25) is 0 Å². The summed E-state index contributed by atoms with van der Waals surface area (Å²) in [5.74, 6) is 1.54. The summed E-state index contributed by atoms with van der Waals surface area (Å²) in [6, 6.07) is 12.4. The Kier molecular flexibility index (Phi) is 8.45. The Labute approximate surface area is 223 Å². The third-order valence-corrected chi connectivity index (χ3v) is 7.43. The van der Waals surface area contributed by atoms with E-state index in [0.717, 1.165) is 41.3 Å². The van der Waals surface area contributed by atoms with Gasteiger partial charge in [-0.05, 0) is 74.1 Å². The minimum Gasteiger partial charge on any atom is -0.495 e. The Hall–Kier alpha value is -2.22. The van der Waals surface area contributed by atoms with Crippen LogP contribution in [0.5, 0.6) is 5.75 Å². The van der Waals surface area contributed by atoms with Crippen molar-refractivity contribution >= 4 is 58.2 Å². The van der Waals surface area contributed by atoms with Crippen LogP contribution < -0.4 is 15.1 Å². The molecular weight excluding hydrogens is 503 g/mol. The van der Waals surface area contributed by atoms with E-state index < -0.39 is 0 Å². The lowest BCUT2D eigenvalue weighted by molar-refractivity contribution is 0.261. The van der Waals surface area contributed by atoms with Crippen LogP contribution in [-0.2, 0) is 5.41 Å². The first-order chi connectivity index (χ1) is 16.1. The highest BCUT2D eigenvalue weighted by atomic mass is 35.5. The number of amidine groups is 1. The van der Waals surface area contributed by atoms with Gasteiger partial charge in [0.1, 0.15) is 11.6 Å². The fourth-order valence-electron chi connectivity index (χ4n) is 4.43. The largest absolute Gasteiger partial charge is 0.495 e. The summed E-state index contributed by atoms with van der Waals surface area (Å²) >= 11 is 7.74. The van der Waals surface area contributed by atoms with E-state index in [4.69, 9.17) is 21.3 Å². The Balaban J connectivity index is 0.00000342. The Morgan fingerprint density at radius 3 is 2.66 bits per heavy atom. The van der Waals surface area contributed by atoms with E-state index in [-0.39, 0.29) is 34.4 Å². The number of nitrogens with zero attached hydrogens (tertiary/aromatic N) is 3. The summed E-state index contributed by atoms with van der Waals surface area (Å²) in [5, 5.41) is 4.80. The van der Waals surface area contributed by atoms with Gasteiger partial charge in [0.15, 0.2) is 0 Å². The molecule has 1 N–H and O–H groups in total. The monoisotopic (exact) mass is 534 g/mol. The van der Waals surface area contributed by atoms with E-state index in [0.29, 0.717) is 10.8 Å². The minimum atomic E-state index is -0.117. The zero-order valence-electron chi connectivity index (χ0n) is 20.9. The van der Waals surface area contributed by atoms with E-state index >= 15 is 0 Å². The molecule has 35 heavy (non-hydrogen) atoms. The number of anilines is 1. The summed E-state index contributed by atoms with van der Waals surface area (Å²) in [5.41, 5.74) is 7.84. The molecule has 6 nitrogen and oxygen atoms in total. The molecule has 2 aliphatic heterocycles. The number of rotatable bonds is 4. The van der Waals surface area contributed by atoms with Crippen molar-refractivity contribution in [2.45, 2.75) is 57.7 Å². The number of ether oxygens (including phenoxy) is 1. The first-order valence-corrected chi connectivity index (χ1v) is 12.7. The van der Waals surface area contributed by atoms with Gasteiger partial charge in [-0.25, -0.2) is 5.43 Å². The van der Waals surface area contributed by atoms with E-state index in [1.807, 2.05) is 25.1 Å². The zero-order chi connectivity index (χ0) is 24.6. The van der Waals surface area contributed by atoms with E-state index in [1.165, 1.54) is 17.3 Å². The lowest BCUT2D eigenvalue weighted by Gasteiger charge is -2.41. The molecule has 0 aromatic heterocycles. The third kappa shape index (κ3) is 5.63. The van der Waals surface area contributed by atoms with Crippen LogP contribution in [0.4, 0.5) is 10.5 Å². The van der Waals surface area contributed by atoms with Crippen LogP contribution in [0.25, 0.3) is 0 Å². The van der Waals surface area contributed by atoms with Crippen molar-refractivity contribution in [1.82, 2.24) is 5.43 Å². The highest BCUT2D eigenvalue weighted by Gasteiger charge is 2.35. The minimum absolute atomic E-state index is 0. The normalized spacial score (nSPS) is 19.5. The van der Waals surface area contributed by atoms with Crippen LogP contribution in [0.15, 0.2) is 46.5 Å². The molecule has 2 heterocycles. The summed E-state index contributed by atoms with van der Waals surface area (Å²) in [4.78, 5) is 19.0. The number of carbonyl (C=O) groups excluding carboxylic acids is 1. The predicted molar refractivity (Wildman–Crippen MR) is 150 cm³/mol. The highest BCUT2D eigenvalue weighted by molar-refractivity contribution is 8.14. The molecule has 1 atom stereocenters. The lowest BCUT2D eigenvalue weighted by atomic mass is 9.76. The molecule has 9 heteroatoms. The van der Waals surface area contributed by atoms with Crippen LogP contribution in [0.1, 0.15) is 57.7 Å². The Morgan fingerprint density at radius 1 is 1.29 bits per heavy atom. The van der Waals surface area contributed by atoms with Crippen molar-refractivity contribution in [3.63, 3.8) is 0 Å². The molecule has 1 unspecified atom stereocenters. The van der Waals surface area contributed by atoms with Gasteiger partial charge in [-0.15, -0.1) is 12.4 Å². The molecule has 4 rings (SSSR count). The molecule has 0 fully saturated rings. The number of aliphatic imine (C=N–C) groups is 1. The van der Waals surface area contributed by atoms with Crippen LogP contribution in [-0.4, -0.2) is 41.7 Å². The maximum absolute atomic E-state index is 11.7. The molecule has 1 amide bonds. The molecule has 188 valence electrons. The quantitative estimate of drug-likeness (QED) is 0.351. The molecular formula is C26H32Cl2N4O2S. The number of carbonyl (C=O) groups is 1. The number of hydrazone groups is 1. The molecule has 0 saturated heterocycles. The average Bonchev–Trinajstić information content (AvgIpc) is 2.78. The Morgan fingerprint density at radius 2 is 2.03 bits per heavy atom. The van der Waals surface area contributed by atoms with Gasteiger partial charge >= 0.3 is 0 Å². The van der Waals surface area contributed by atoms with Gasteiger partial charge < -0.3 is 9.64 Å². The molecule has 0 spiro atoms. The molecule has 0 radical (unpaired) electrons. The number of methoxy groups -OCH3 is 1. The van der Waals surface area contributed by atoms with Gasteiger partial charge in [0.25, 0.3) is 5.24 Å². The van der Waals surface area contributed by atoms with Crippen molar-refractivity contribution in [2.75, 3.05) is 18.6 Å². The topological polar surface area (TPSA) is 66.3 Å². The molecule has 2 aromatic rings. The van der Waals surface area contributed by atoms with Crippen molar-refractivity contribution in [3.8, 4) is 5.75 Å². The molecule has 0 aliphatic carbocycles. The second-order valence-electron chi connectivity index (χ2n) is 9.57. The second-order valence-corrected chi connectivity index (χ2v) is 11.3. The molecule has 2 aromatic carbocycles. The summed E-state index contributed by atoms with van der Waals surface area (Å²) in [7, 11) is 1.62. The second kappa shape index (κ2) is 10.8. The summed E-state index contributed by atoms with van der Waals surface area (Å²) in [6.07, 6.45) is 0.970. The van der Waals surface area contributed by atoms with E-state index in [1.54, 1.807) is 7.11 Å². The average molecular weight is 536 g/mol. The number of fused-ring (bicyclic) bond motifs is 1. The fourth-order valence-corrected chi connectivity index (χ4v) is 5.41. The number of amides is 1. The maximum Gasteiger partial charge on any atom is 0.299 e. The van der Waals surface area contributed by atoms with Crippen molar-refractivity contribution in [2.24, 2.45) is 10.1 Å². The number of benzene rings is 2. The first kappa shape index (κ1) is 27.4. The van der Waals surface area contributed by atoms with Crippen LogP contribution in [0.2, 0.25) is 5.02 Å². The van der Waals surface area contributed by atoms with E-state index in [9.17, 15) is 4.79 Å². The number of thioether (sulfide) groups is 1. The standard InChI is InChI=1S/C26H31ClN4O2S.ClH/c1-15(2)28-24(18-8-10-22(33-6)20(27)14-18)31-12-11-26(4,5)19-13-17(7-9-21(19)31)23-16(3)34-25(32)30-29-23;/h7-10,13-16H,11-12H2,1-6H3,(H,30,32);1H. The van der Waals surface area contributed by atoms with Gasteiger partial charge in [-0.1, -0.05) is 43.3 Å². The summed E-state index contributed by atoms with van der Waals surface area (Å²) in [6.45, 7) is 11.6. The fraction of sp³-hybridized carbons (Fsp3) is 0.423. The molecule has 0 bridgehead atoms. The lowest BCUT2D eigenvalue weighted by Crippen LogP contribution is -2.42. The maximum atomic E-state index is 11.7. The van der Waals surface area contributed by atoms with Crippen molar-refractivity contribution < 1.29 is 9.53 Å². The highest BCUT2D eigenvalue weighted by Crippen LogP contribution is 2.42.